The molecular weight excluding hydrogens is 299 g/mol. The van der Waals surface area contributed by atoms with E-state index in [-0.39, 0.29) is 23.5 Å². The van der Waals surface area contributed by atoms with Crippen molar-refractivity contribution < 1.29 is 4.39 Å². The molecule has 1 aromatic carbocycles. The van der Waals surface area contributed by atoms with Crippen LogP contribution in [0.25, 0.3) is 5.95 Å². The summed E-state index contributed by atoms with van der Waals surface area (Å²) >= 11 is 5.82. The molecule has 21 heavy (non-hydrogen) atoms. The van der Waals surface area contributed by atoms with E-state index in [2.05, 4.69) is 30.4 Å². The minimum atomic E-state index is -0.499. The first-order chi connectivity index (χ1) is 10.1. The number of hydrogen-bond donors (Lipinski definition) is 2. The van der Waals surface area contributed by atoms with Crippen LogP contribution in [0, 0.1) is 5.82 Å². The van der Waals surface area contributed by atoms with Crippen LogP contribution in [-0.4, -0.2) is 29.7 Å². The molecule has 2 aromatic heterocycles. The highest BCUT2D eigenvalue weighted by atomic mass is 35.5. The van der Waals surface area contributed by atoms with Gasteiger partial charge in [0.05, 0.1) is 5.69 Å². The molecule has 106 valence electrons. The fourth-order valence-corrected chi connectivity index (χ4v) is 1.74. The lowest BCUT2D eigenvalue weighted by Gasteiger charge is -2.08. The summed E-state index contributed by atoms with van der Waals surface area (Å²) in [5.41, 5.74) is 5.73. The number of halogens is 2. The van der Waals surface area contributed by atoms with E-state index in [1.54, 1.807) is 0 Å². The maximum atomic E-state index is 13.7. The normalized spacial score (nSPS) is 10.6. The predicted molar refractivity (Wildman–Crippen MR) is 73.8 cm³/mol. The Bertz CT molecular complexity index is 776. The first-order valence-electron chi connectivity index (χ1n) is 5.70. The highest BCUT2D eigenvalue weighted by Crippen LogP contribution is 2.22. The molecular formula is C11H8ClFN8. The smallest absolute Gasteiger partial charge is 0.258 e. The molecule has 10 heteroatoms. The van der Waals surface area contributed by atoms with Gasteiger partial charge in [-0.15, -0.1) is 0 Å². The number of nitrogens with zero attached hydrogens (tertiary/aromatic N) is 6. The molecule has 0 aliphatic heterocycles. The zero-order valence-electron chi connectivity index (χ0n) is 10.4. The van der Waals surface area contributed by atoms with Crippen molar-refractivity contribution in [3.63, 3.8) is 0 Å². The first kappa shape index (κ1) is 13.2. The van der Waals surface area contributed by atoms with Crippen molar-refractivity contribution in [3.05, 3.63) is 41.7 Å². The van der Waals surface area contributed by atoms with Crippen molar-refractivity contribution in [1.29, 1.82) is 0 Å². The molecule has 3 aromatic rings. The summed E-state index contributed by atoms with van der Waals surface area (Å²) in [4.78, 5) is 15.7. The molecule has 0 aliphatic rings. The second-order valence-corrected chi connectivity index (χ2v) is 4.34. The van der Waals surface area contributed by atoms with Gasteiger partial charge in [-0.1, -0.05) is 11.6 Å². The van der Waals surface area contributed by atoms with Gasteiger partial charge in [0.25, 0.3) is 5.95 Å². The van der Waals surface area contributed by atoms with E-state index < -0.39 is 5.82 Å². The molecule has 0 bridgehead atoms. The number of hydrogen-bond acceptors (Lipinski definition) is 7. The molecule has 3 rings (SSSR count). The Morgan fingerprint density at radius 1 is 1.24 bits per heavy atom. The van der Waals surface area contributed by atoms with E-state index >= 15 is 0 Å². The van der Waals surface area contributed by atoms with E-state index in [1.165, 1.54) is 35.5 Å². The van der Waals surface area contributed by atoms with Gasteiger partial charge < -0.3 is 11.1 Å². The van der Waals surface area contributed by atoms with Crippen LogP contribution in [0.3, 0.4) is 0 Å². The predicted octanol–water partition coefficient (Wildman–Crippen LogP) is 1.57. The molecule has 0 saturated carbocycles. The Morgan fingerprint density at radius 2 is 2.10 bits per heavy atom. The molecule has 0 aliphatic carbocycles. The largest absolute Gasteiger partial charge is 0.368 e. The monoisotopic (exact) mass is 306 g/mol. The van der Waals surface area contributed by atoms with E-state index in [0.717, 1.165) is 0 Å². The van der Waals surface area contributed by atoms with Crippen LogP contribution in [0.4, 0.5) is 22.0 Å². The zero-order valence-corrected chi connectivity index (χ0v) is 11.2. The molecule has 8 nitrogen and oxygen atoms in total. The Labute approximate surface area is 122 Å². The summed E-state index contributed by atoms with van der Waals surface area (Å²) < 4.78 is 15.0. The highest BCUT2D eigenvalue weighted by molar-refractivity contribution is 6.30. The summed E-state index contributed by atoms with van der Waals surface area (Å²) in [6.07, 6.45) is 2.72. The molecule has 3 N–H and O–H groups in total. The van der Waals surface area contributed by atoms with Crippen LogP contribution in [0.1, 0.15) is 0 Å². The van der Waals surface area contributed by atoms with E-state index in [9.17, 15) is 4.39 Å². The molecule has 0 fully saturated rings. The number of nitrogens with two attached hydrogens (primary N) is 1. The number of benzene rings is 1. The second kappa shape index (κ2) is 5.29. The van der Waals surface area contributed by atoms with E-state index in [1.807, 2.05) is 0 Å². The van der Waals surface area contributed by atoms with Crippen LogP contribution in [0.5, 0.6) is 0 Å². The van der Waals surface area contributed by atoms with Gasteiger partial charge in [0.1, 0.15) is 18.5 Å². The molecule has 0 unspecified atom stereocenters. The van der Waals surface area contributed by atoms with Crippen LogP contribution in [0.2, 0.25) is 5.02 Å². The molecule has 0 atom stereocenters. The Balaban J connectivity index is 1.97. The minimum Gasteiger partial charge on any atom is -0.368 e. The fourth-order valence-electron chi connectivity index (χ4n) is 1.56. The zero-order chi connectivity index (χ0) is 14.8. The Morgan fingerprint density at radius 3 is 2.86 bits per heavy atom. The van der Waals surface area contributed by atoms with Gasteiger partial charge in [0, 0.05) is 5.02 Å². The molecule has 2 heterocycles. The van der Waals surface area contributed by atoms with Crippen molar-refractivity contribution in [2.45, 2.75) is 0 Å². The lowest BCUT2D eigenvalue weighted by molar-refractivity contribution is 0.631. The maximum Gasteiger partial charge on any atom is 0.258 e. The van der Waals surface area contributed by atoms with Crippen molar-refractivity contribution in [2.24, 2.45) is 0 Å². The third kappa shape index (κ3) is 2.87. The molecule has 0 radical (unpaired) electrons. The average Bonchev–Trinajstić information content (AvgIpc) is 2.96. The van der Waals surface area contributed by atoms with Crippen LogP contribution in [0.15, 0.2) is 30.9 Å². The number of nitrogens with one attached hydrogen (secondary N) is 1. The lowest BCUT2D eigenvalue weighted by atomic mass is 10.3. The van der Waals surface area contributed by atoms with Gasteiger partial charge in [0.15, 0.2) is 0 Å². The maximum absolute atomic E-state index is 13.7. The van der Waals surface area contributed by atoms with Gasteiger partial charge in [-0.3, -0.25) is 0 Å². The number of aromatic nitrogens is 6. The average molecular weight is 307 g/mol. The number of nitrogen functional groups attached to an aromatic ring is 1. The highest BCUT2D eigenvalue weighted by Gasteiger charge is 2.10. The van der Waals surface area contributed by atoms with Crippen LogP contribution in [-0.2, 0) is 0 Å². The summed E-state index contributed by atoms with van der Waals surface area (Å²) in [6, 6.07) is 4.07. The lowest BCUT2D eigenvalue weighted by Crippen LogP contribution is -2.10. The number of rotatable bonds is 3. The first-order valence-corrected chi connectivity index (χ1v) is 6.08. The third-order valence-electron chi connectivity index (χ3n) is 2.44. The number of anilines is 3. The van der Waals surface area contributed by atoms with Crippen molar-refractivity contribution in [3.8, 4) is 5.95 Å². The van der Waals surface area contributed by atoms with E-state index in [4.69, 9.17) is 17.3 Å². The quantitative estimate of drug-likeness (QED) is 0.756. The molecule has 0 spiro atoms. The second-order valence-electron chi connectivity index (χ2n) is 3.91. The molecule has 0 amide bonds. The van der Waals surface area contributed by atoms with Gasteiger partial charge >= 0.3 is 0 Å². The SMILES string of the molecule is Nc1nc(Nc2cc(Cl)ccc2F)nc(-n2cncn2)n1. The van der Waals surface area contributed by atoms with Gasteiger partial charge in [-0.05, 0) is 18.2 Å². The molecule has 0 saturated heterocycles. The summed E-state index contributed by atoms with van der Waals surface area (Å²) in [6.45, 7) is 0. The van der Waals surface area contributed by atoms with Crippen molar-refractivity contribution >= 4 is 29.2 Å². The summed E-state index contributed by atoms with van der Waals surface area (Å²) in [5.74, 6) is -0.319. The van der Waals surface area contributed by atoms with Crippen LogP contribution < -0.4 is 11.1 Å². The van der Waals surface area contributed by atoms with E-state index in [0.29, 0.717) is 5.02 Å². The Kier molecular flexibility index (Phi) is 3.32. The summed E-state index contributed by atoms with van der Waals surface area (Å²) in [5, 5.41) is 6.95. The van der Waals surface area contributed by atoms with Gasteiger partial charge in [0.2, 0.25) is 11.9 Å². The van der Waals surface area contributed by atoms with Crippen molar-refractivity contribution in [2.75, 3.05) is 11.1 Å². The summed E-state index contributed by atoms with van der Waals surface area (Å²) in [7, 11) is 0. The third-order valence-corrected chi connectivity index (χ3v) is 2.67. The van der Waals surface area contributed by atoms with Gasteiger partial charge in [-0.2, -0.15) is 24.7 Å². The Hall–Kier alpha value is -2.81. The standard InChI is InChI=1S/C11H8ClFN8/c12-6-1-2-7(13)8(3-6)17-10-18-9(14)19-11(20-10)21-5-15-4-16-21/h1-5H,(H3,14,17,18,19,20). The topological polar surface area (TPSA) is 107 Å². The van der Waals surface area contributed by atoms with Crippen LogP contribution >= 0.6 is 11.6 Å². The fraction of sp³-hybridized carbons (Fsp3) is 0. The van der Waals surface area contributed by atoms with Crippen molar-refractivity contribution in [1.82, 2.24) is 29.7 Å². The minimum absolute atomic E-state index is 0.0413. The van der Waals surface area contributed by atoms with Gasteiger partial charge in [-0.25, -0.2) is 9.37 Å².